The molecule has 8 nitrogen and oxygen atoms in total. The lowest BCUT2D eigenvalue weighted by Crippen LogP contribution is -2.50. The zero-order valence-electron chi connectivity index (χ0n) is 13.1. The van der Waals surface area contributed by atoms with Gasteiger partial charge in [0.25, 0.3) is 5.91 Å². The molecule has 8 heteroatoms. The van der Waals surface area contributed by atoms with E-state index in [0.29, 0.717) is 24.6 Å². The van der Waals surface area contributed by atoms with Gasteiger partial charge in [-0.3, -0.25) is 10.2 Å². The fourth-order valence-electron chi connectivity index (χ4n) is 2.92. The van der Waals surface area contributed by atoms with Crippen molar-refractivity contribution in [3.05, 3.63) is 23.3 Å². The maximum absolute atomic E-state index is 12.5. The molecular formula is C15H20N4O4. The third-order valence-electron chi connectivity index (χ3n) is 4.17. The van der Waals surface area contributed by atoms with Gasteiger partial charge in [0, 0.05) is 13.1 Å². The van der Waals surface area contributed by atoms with E-state index < -0.39 is 12.2 Å². The molecule has 3 rings (SSSR count). The monoisotopic (exact) mass is 320 g/mol. The van der Waals surface area contributed by atoms with Gasteiger partial charge >= 0.3 is 6.03 Å². The molecule has 0 aromatic heterocycles. The first-order chi connectivity index (χ1) is 11.1. The summed E-state index contributed by atoms with van der Waals surface area (Å²) in [6.45, 7) is 1.19. The van der Waals surface area contributed by atoms with Gasteiger partial charge in [-0.15, -0.1) is 0 Å². The largest absolute Gasteiger partial charge is 0.493 e. The first-order valence-electron chi connectivity index (χ1n) is 7.47. The van der Waals surface area contributed by atoms with Crippen LogP contribution in [0, 0.1) is 0 Å². The molecule has 2 aliphatic heterocycles. The number of hydrogen-bond acceptors (Lipinski definition) is 5. The summed E-state index contributed by atoms with van der Waals surface area (Å²) in [5.41, 5.74) is 7.32. The van der Waals surface area contributed by atoms with E-state index in [1.165, 1.54) is 0 Å². The number of hydrazine groups is 1. The van der Waals surface area contributed by atoms with Crippen LogP contribution in [0.15, 0.2) is 12.1 Å². The molecule has 1 unspecified atom stereocenters. The van der Waals surface area contributed by atoms with Crippen molar-refractivity contribution in [2.45, 2.75) is 19.0 Å². The maximum Gasteiger partial charge on any atom is 0.330 e. The quantitative estimate of drug-likeness (QED) is 0.716. The molecule has 0 radical (unpaired) electrons. The first kappa shape index (κ1) is 15.4. The summed E-state index contributed by atoms with van der Waals surface area (Å²) >= 11 is 0. The van der Waals surface area contributed by atoms with Gasteiger partial charge in [-0.2, -0.15) is 0 Å². The highest BCUT2D eigenvalue weighted by Crippen LogP contribution is 2.32. The molecular weight excluding hydrogens is 300 g/mol. The fourth-order valence-corrected chi connectivity index (χ4v) is 2.92. The Hall–Kier alpha value is -2.48. The lowest BCUT2D eigenvalue weighted by atomic mass is 10.0. The number of methoxy groups -OCH3 is 2. The summed E-state index contributed by atoms with van der Waals surface area (Å²) in [5, 5.41) is 2.54. The van der Waals surface area contributed by atoms with Gasteiger partial charge in [0.15, 0.2) is 17.7 Å². The Kier molecular flexibility index (Phi) is 4.24. The minimum Gasteiger partial charge on any atom is -0.493 e. The summed E-state index contributed by atoms with van der Waals surface area (Å²) in [4.78, 5) is 25.4. The van der Waals surface area contributed by atoms with Gasteiger partial charge in [-0.1, -0.05) is 0 Å². The number of hydrogen-bond donors (Lipinski definition) is 3. The van der Waals surface area contributed by atoms with Crippen LogP contribution in [0.1, 0.15) is 11.1 Å². The second-order valence-electron chi connectivity index (χ2n) is 5.48. The molecule has 2 aliphatic rings. The lowest BCUT2D eigenvalue weighted by Gasteiger charge is -2.23. The molecule has 3 amide bonds. The third kappa shape index (κ3) is 3.02. The molecule has 23 heavy (non-hydrogen) atoms. The maximum atomic E-state index is 12.5. The molecule has 2 heterocycles. The van der Waals surface area contributed by atoms with Gasteiger partial charge in [-0.25, -0.2) is 10.2 Å². The minimum atomic E-state index is -0.715. The van der Waals surface area contributed by atoms with Gasteiger partial charge in [0.05, 0.1) is 14.2 Å². The van der Waals surface area contributed by atoms with E-state index in [9.17, 15) is 9.59 Å². The van der Waals surface area contributed by atoms with E-state index in [-0.39, 0.29) is 5.91 Å². The lowest BCUT2D eigenvalue weighted by molar-refractivity contribution is -0.133. The second-order valence-corrected chi connectivity index (χ2v) is 5.48. The molecule has 1 fully saturated rings. The molecule has 3 N–H and O–H groups in total. The van der Waals surface area contributed by atoms with Crippen molar-refractivity contribution in [2.24, 2.45) is 0 Å². The summed E-state index contributed by atoms with van der Waals surface area (Å²) in [6.07, 6.45) is 0.748. The van der Waals surface area contributed by atoms with Crippen molar-refractivity contribution >= 4 is 11.9 Å². The number of ether oxygens (including phenoxy) is 2. The van der Waals surface area contributed by atoms with Gasteiger partial charge in [-0.05, 0) is 36.1 Å². The molecule has 0 bridgehead atoms. The van der Waals surface area contributed by atoms with Crippen molar-refractivity contribution in [2.75, 3.05) is 27.3 Å². The Bertz CT molecular complexity index is 599. The number of carbonyl (C=O) groups is 2. The normalized spacial score (nSPS) is 20.2. The average molecular weight is 320 g/mol. The predicted molar refractivity (Wildman–Crippen MR) is 82.1 cm³/mol. The number of rotatable bonds is 3. The molecule has 1 saturated heterocycles. The third-order valence-corrected chi connectivity index (χ3v) is 4.17. The number of urea groups is 1. The summed E-state index contributed by atoms with van der Waals surface area (Å²) < 4.78 is 10.7. The van der Waals surface area contributed by atoms with Gasteiger partial charge in [0.1, 0.15) is 0 Å². The van der Waals surface area contributed by atoms with Crippen LogP contribution in [0.2, 0.25) is 0 Å². The number of nitrogens with zero attached hydrogens (tertiary/aromatic N) is 1. The second kappa shape index (κ2) is 6.33. The highest BCUT2D eigenvalue weighted by molar-refractivity contribution is 5.89. The highest BCUT2D eigenvalue weighted by atomic mass is 16.5. The van der Waals surface area contributed by atoms with Crippen LogP contribution >= 0.6 is 0 Å². The van der Waals surface area contributed by atoms with Crippen LogP contribution in [0.3, 0.4) is 0 Å². The smallest absolute Gasteiger partial charge is 0.330 e. The molecule has 1 atom stereocenters. The van der Waals surface area contributed by atoms with Crippen LogP contribution in [0.4, 0.5) is 4.79 Å². The van der Waals surface area contributed by atoms with Crippen LogP contribution in [0.5, 0.6) is 11.5 Å². The first-order valence-corrected chi connectivity index (χ1v) is 7.47. The summed E-state index contributed by atoms with van der Waals surface area (Å²) in [5.74, 6) is 1.25. The number of amides is 3. The van der Waals surface area contributed by atoms with Crippen molar-refractivity contribution in [3.63, 3.8) is 0 Å². The van der Waals surface area contributed by atoms with Crippen molar-refractivity contribution in [3.8, 4) is 11.5 Å². The fraction of sp³-hybridized carbons (Fsp3) is 0.467. The van der Waals surface area contributed by atoms with E-state index >= 15 is 0 Å². The number of benzene rings is 1. The number of carbonyl (C=O) groups excluding carboxylic acids is 2. The standard InChI is InChI=1S/C15H20N4O4/c1-22-11-7-9-3-5-19(6-4-10(9)8-12(11)23-2)14(20)13-16-15(21)18-17-13/h7-8,13,17H,3-6H2,1-2H3,(H2,16,18,21). The molecule has 0 aliphatic carbocycles. The van der Waals surface area contributed by atoms with E-state index in [1.54, 1.807) is 19.1 Å². The minimum absolute atomic E-state index is 0.143. The van der Waals surface area contributed by atoms with E-state index in [4.69, 9.17) is 9.47 Å². The number of fused-ring (bicyclic) bond motifs is 1. The zero-order valence-corrected chi connectivity index (χ0v) is 13.1. The van der Waals surface area contributed by atoms with Crippen molar-refractivity contribution < 1.29 is 19.1 Å². The molecule has 124 valence electrons. The van der Waals surface area contributed by atoms with E-state index in [1.807, 2.05) is 12.1 Å². The Morgan fingerprint density at radius 3 is 2.13 bits per heavy atom. The van der Waals surface area contributed by atoms with E-state index in [0.717, 1.165) is 24.0 Å². The van der Waals surface area contributed by atoms with Crippen LogP contribution in [0.25, 0.3) is 0 Å². The Morgan fingerprint density at radius 1 is 1.13 bits per heavy atom. The Balaban J connectivity index is 1.74. The SMILES string of the molecule is COc1cc2c(cc1OC)CCN(C(=O)C1NNC(=O)N1)CC2. The van der Waals surface area contributed by atoms with Crippen molar-refractivity contribution in [1.29, 1.82) is 0 Å². The van der Waals surface area contributed by atoms with Crippen molar-refractivity contribution in [1.82, 2.24) is 21.1 Å². The van der Waals surface area contributed by atoms with Crippen LogP contribution < -0.4 is 25.6 Å². The molecule has 0 spiro atoms. The van der Waals surface area contributed by atoms with Crippen LogP contribution in [-0.4, -0.2) is 50.3 Å². The summed E-state index contributed by atoms with van der Waals surface area (Å²) in [7, 11) is 3.22. The topological polar surface area (TPSA) is 91.9 Å². The van der Waals surface area contributed by atoms with Crippen LogP contribution in [-0.2, 0) is 17.6 Å². The average Bonchev–Trinajstić information content (AvgIpc) is 2.89. The number of nitrogens with one attached hydrogen (secondary N) is 3. The predicted octanol–water partition coefficient (Wildman–Crippen LogP) is -0.225. The van der Waals surface area contributed by atoms with Gasteiger partial charge in [0.2, 0.25) is 0 Å². The Morgan fingerprint density at radius 2 is 1.70 bits per heavy atom. The zero-order chi connectivity index (χ0) is 16.4. The highest BCUT2D eigenvalue weighted by Gasteiger charge is 2.31. The molecule has 0 saturated carbocycles. The Labute approximate surface area is 134 Å². The molecule has 1 aromatic carbocycles. The molecule has 1 aromatic rings. The van der Waals surface area contributed by atoms with Gasteiger partial charge < -0.3 is 19.7 Å². The summed E-state index contributed by atoms with van der Waals surface area (Å²) in [6, 6.07) is 3.55. The van der Waals surface area contributed by atoms with E-state index in [2.05, 4.69) is 16.2 Å².